The van der Waals surface area contributed by atoms with Crippen LogP contribution in [0.1, 0.15) is 6.92 Å². The molecule has 1 aliphatic rings. The molecule has 1 radical (unpaired) electrons. The molecule has 0 nitrogen and oxygen atoms in total. The Morgan fingerprint density at radius 1 is 1.70 bits per heavy atom. The summed E-state index contributed by atoms with van der Waals surface area (Å²) in [5.41, 5.74) is -2.52. The van der Waals surface area contributed by atoms with Crippen LogP contribution in [0.4, 0.5) is 13.2 Å². The van der Waals surface area contributed by atoms with Crippen molar-refractivity contribution in [1.29, 1.82) is 0 Å². The molecule has 55 valence electrons. The van der Waals surface area contributed by atoms with Gasteiger partial charge in [0.05, 0.1) is 0 Å². The summed E-state index contributed by atoms with van der Waals surface area (Å²) in [6, 6.07) is 0. The summed E-state index contributed by atoms with van der Waals surface area (Å²) in [5, 5.41) is 0. The first-order valence-electron chi connectivity index (χ1n) is 2.83. The average molecular weight is 147 g/mol. The largest absolute Gasteiger partial charge is 0.238 e. The van der Waals surface area contributed by atoms with Crippen LogP contribution in [0, 0.1) is 6.08 Å². The minimum Gasteiger partial charge on any atom is -0.238 e. The molecule has 2 atom stereocenters. The second-order valence-electron chi connectivity index (χ2n) is 2.29. The molecule has 0 fully saturated rings. The second kappa shape index (κ2) is 2.15. The first kappa shape index (κ1) is 7.38. The van der Waals surface area contributed by atoms with Gasteiger partial charge in [0.2, 0.25) is 0 Å². The van der Waals surface area contributed by atoms with Gasteiger partial charge < -0.3 is 0 Å². The normalized spacial score (nSPS) is 39.6. The molecule has 0 N–H and O–H groups in total. The SMILES string of the molecule is CC1(F)C(F)=CC=[C]C1F. The first-order valence-corrected chi connectivity index (χ1v) is 2.83. The maximum atomic E-state index is 12.8. The van der Waals surface area contributed by atoms with Gasteiger partial charge in [0.1, 0.15) is 5.83 Å². The van der Waals surface area contributed by atoms with Crippen LogP contribution in [0.25, 0.3) is 0 Å². The Balaban J connectivity index is 2.93. The van der Waals surface area contributed by atoms with Crippen molar-refractivity contribution in [3.05, 3.63) is 24.1 Å². The molecule has 0 saturated heterocycles. The minimum absolute atomic E-state index is 0.851. The minimum atomic E-state index is -2.52. The van der Waals surface area contributed by atoms with Crippen LogP contribution in [0.15, 0.2) is 18.0 Å². The maximum absolute atomic E-state index is 12.8. The second-order valence-corrected chi connectivity index (χ2v) is 2.29. The highest BCUT2D eigenvalue weighted by atomic mass is 19.2. The molecule has 0 aromatic heterocycles. The van der Waals surface area contributed by atoms with E-state index in [1.165, 1.54) is 0 Å². The lowest BCUT2D eigenvalue weighted by Gasteiger charge is -2.21. The molecule has 0 heterocycles. The van der Waals surface area contributed by atoms with E-state index in [0.717, 1.165) is 19.1 Å². The number of halogens is 3. The van der Waals surface area contributed by atoms with Crippen LogP contribution in [-0.4, -0.2) is 11.8 Å². The van der Waals surface area contributed by atoms with Crippen molar-refractivity contribution in [3.8, 4) is 0 Å². The van der Waals surface area contributed by atoms with Crippen molar-refractivity contribution >= 4 is 0 Å². The third-order valence-electron chi connectivity index (χ3n) is 1.42. The van der Waals surface area contributed by atoms with Gasteiger partial charge in [0, 0.05) is 0 Å². The molecular formula is C7H6F3. The predicted octanol–water partition coefficient (Wildman–Crippen LogP) is 2.28. The van der Waals surface area contributed by atoms with Crippen molar-refractivity contribution in [2.45, 2.75) is 18.8 Å². The van der Waals surface area contributed by atoms with Crippen molar-refractivity contribution in [2.75, 3.05) is 0 Å². The number of alkyl halides is 2. The summed E-state index contributed by atoms with van der Waals surface area (Å²) in [6.07, 6.45) is 1.95. The number of hydrogen-bond donors (Lipinski definition) is 0. The Bertz CT molecular complexity index is 191. The molecule has 0 aromatic carbocycles. The summed E-state index contributed by atoms with van der Waals surface area (Å²) in [5.74, 6) is -1.08. The van der Waals surface area contributed by atoms with Crippen LogP contribution >= 0.6 is 0 Å². The van der Waals surface area contributed by atoms with Gasteiger partial charge in [0.25, 0.3) is 0 Å². The fraction of sp³-hybridized carbons (Fsp3) is 0.429. The summed E-state index contributed by atoms with van der Waals surface area (Å²) in [6.45, 7) is 0.851. The van der Waals surface area contributed by atoms with Gasteiger partial charge >= 0.3 is 0 Å². The fourth-order valence-electron chi connectivity index (χ4n) is 0.646. The van der Waals surface area contributed by atoms with Crippen molar-refractivity contribution in [1.82, 2.24) is 0 Å². The quantitative estimate of drug-likeness (QED) is 0.493. The summed E-state index contributed by atoms with van der Waals surface area (Å²) < 4.78 is 37.6. The highest BCUT2D eigenvalue weighted by Gasteiger charge is 2.39. The highest BCUT2D eigenvalue weighted by molar-refractivity contribution is 5.23. The van der Waals surface area contributed by atoms with Crippen molar-refractivity contribution in [2.24, 2.45) is 0 Å². The number of rotatable bonds is 0. The molecule has 10 heavy (non-hydrogen) atoms. The van der Waals surface area contributed by atoms with E-state index >= 15 is 0 Å². The zero-order valence-corrected chi connectivity index (χ0v) is 5.37. The Morgan fingerprint density at radius 2 is 2.30 bits per heavy atom. The Morgan fingerprint density at radius 3 is 2.70 bits per heavy atom. The molecule has 0 amide bonds. The van der Waals surface area contributed by atoms with Gasteiger partial charge in [-0.2, -0.15) is 0 Å². The Labute approximate surface area is 57.0 Å². The van der Waals surface area contributed by atoms with Crippen LogP contribution in [0.5, 0.6) is 0 Å². The molecule has 1 aliphatic carbocycles. The number of hydrogen-bond acceptors (Lipinski definition) is 0. The third-order valence-corrected chi connectivity index (χ3v) is 1.42. The van der Waals surface area contributed by atoms with Gasteiger partial charge in [-0.3, -0.25) is 0 Å². The smallest absolute Gasteiger partial charge is 0.194 e. The molecule has 3 heteroatoms. The van der Waals surface area contributed by atoms with Crippen molar-refractivity contribution < 1.29 is 13.2 Å². The van der Waals surface area contributed by atoms with E-state index in [1.54, 1.807) is 0 Å². The molecule has 0 aliphatic heterocycles. The van der Waals surface area contributed by atoms with Crippen LogP contribution in [-0.2, 0) is 0 Å². The average Bonchev–Trinajstić information content (AvgIpc) is 1.84. The van der Waals surface area contributed by atoms with E-state index in [-0.39, 0.29) is 0 Å². The zero-order valence-electron chi connectivity index (χ0n) is 5.37. The summed E-state index contributed by atoms with van der Waals surface area (Å²) in [4.78, 5) is 0. The lowest BCUT2D eigenvalue weighted by atomic mass is 9.96. The van der Waals surface area contributed by atoms with Crippen LogP contribution < -0.4 is 0 Å². The van der Waals surface area contributed by atoms with Gasteiger partial charge in [-0.1, -0.05) is 6.08 Å². The molecular weight excluding hydrogens is 141 g/mol. The standard InChI is InChI=1S/C7H6F3/c1-7(10)5(8)3-2-4-6(7)9/h2-3,6H,1H3. The topological polar surface area (TPSA) is 0 Å². The molecule has 0 saturated carbocycles. The van der Waals surface area contributed by atoms with E-state index in [9.17, 15) is 13.2 Å². The highest BCUT2D eigenvalue weighted by Crippen LogP contribution is 2.31. The molecule has 2 unspecified atom stereocenters. The predicted molar refractivity (Wildman–Crippen MR) is 31.4 cm³/mol. The number of allylic oxidation sites excluding steroid dienone is 4. The van der Waals surface area contributed by atoms with E-state index in [1.807, 2.05) is 6.08 Å². The van der Waals surface area contributed by atoms with Gasteiger partial charge in [0.15, 0.2) is 11.8 Å². The van der Waals surface area contributed by atoms with Gasteiger partial charge in [-0.05, 0) is 19.1 Å². The summed E-state index contributed by atoms with van der Waals surface area (Å²) in [7, 11) is 0. The fourth-order valence-corrected chi connectivity index (χ4v) is 0.646. The van der Waals surface area contributed by atoms with E-state index < -0.39 is 17.7 Å². The van der Waals surface area contributed by atoms with Gasteiger partial charge in [-0.15, -0.1) is 0 Å². The van der Waals surface area contributed by atoms with Gasteiger partial charge in [-0.25, -0.2) is 13.2 Å². The lowest BCUT2D eigenvalue weighted by Crippen LogP contribution is -2.32. The maximum Gasteiger partial charge on any atom is 0.194 e. The van der Waals surface area contributed by atoms with Crippen LogP contribution in [0.3, 0.4) is 0 Å². The monoisotopic (exact) mass is 147 g/mol. The molecule has 0 aromatic rings. The lowest BCUT2D eigenvalue weighted by molar-refractivity contribution is 0.102. The summed E-state index contributed by atoms with van der Waals surface area (Å²) >= 11 is 0. The van der Waals surface area contributed by atoms with E-state index in [4.69, 9.17) is 0 Å². The Hall–Kier alpha value is -0.730. The van der Waals surface area contributed by atoms with Crippen molar-refractivity contribution in [3.63, 3.8) is 0 Å². The van der Waals surface area contributed by atoms with E-state index in [2.05, 4.69) is 0 Å². The Kier molecular flexibility index (Phi) is 1.58. The zero-order chi connectivity index (χ0) is 7.78. The third kappa shape index (κ3) is 0.958. The van der Waals surface area contributed by atoms with Crippen LogP contribution in [0.2, 0.25) is 0 Å². The first-order chi connectivity index (χ1) is 4.55. The van der Waals surface area contributed by atoms with E-state index in [0.29, 0.717) is 0 Å². The molecule has 1 rings (SSSR count). The molecule has 0 spiro atoms. The molecule has 0 bridgehead atoms.